The Labute approximate surface area is 156 Å². The van der Waals surface area contributed by atoms with Crippen LogP contribution in [0.2, 0.25) is 0 Å². The Morgan fingerprint density at radius 3 is 2.42 bits per heavy atom. The molecular weight excluding hydrogens is 349 g/mol. The molecule has 7 heteroatoms. The summed E-state index contributed by atoms with van der Waals surface area (Å²) in [5, 5.41) is 11.1. The van der Waals surface area contributed by atoms with Crippen LogP contribution in [-0.4, -0.2) is 19.8 Å². The van der Waals surface area contributed by atoms with Crippen LogP contribution in [0, 0.1) is 11.2 Å². The zero-order valence-electron chi connectivity index (χ0n) is 15.4. The highest BCUT2D eigenvalue weighted by Gasteiger charge is 2.15. The number of hydrogen-bond donors (Lipinski definition) is 2. The van der Waals surface area contributed by atoms with E-state index in [0.717, 1.165) is 10.9 Å². The van der Waals surface area contributed by atoms with E-state index in [1.54, 1.807) is 32.1 Å². The minimum Gasteiger partial charge on any atom is -0.444 e. The van der Waals surface area contributed by atoms with Gasteiger partial charge in [-0.25, -0.2) is 9.18 Å². The highest BCUT2D eigenvalue weighted by Crippen LogP contribution is 2.22. The van der Waals surface area contributed by atoms with Crippen molar-refractivity contribution in [1.82, 2.24) is 5.32 Å². The van der Waals surface area contributed by atoms with Crippen molar-refractivity contribution in [2.75, 3.05) is 0 Å². The van der Waals surface area contributed by atoms with Crippen LogP contribution in [0.4, 0.5) is 9.18 Å². The Kier molecular flexibility index (Phi) is 6.19. The smallest absolute Gasteiger partial charge is 0.413 e. The third-order valence-electron chi connectivity index (χ3n) is 4.13. The van der Waals surface area contributed by atoms with Gasteiger partial charge in [0.15, 0.2) is 0 Å². The number of carbonyl (C=O) groups excluding carboxylic acids is 1. The molecule has 0 saturated heterocycles. The van der Waals surface area contributed by atoms with Gasteiger partial charge >= 0.3 is 6.09 Å². The van der Waals surface area contributed by atoms with Gasteiger partial charge in [0.25, 0.3) is 0 Å². The van der Waals surface area contributed by atoms with Crippen LogP contribution in [0.3, 0.4) is 0 Å². The summed E-state index contributed by atoms with van der Waals surface area (Å²) in [5.41, 5.74) is 2.53. The minimum absolute atomic E-state index is 0.0157. The summed E-state index contributed by atoms with van der Waals surface area (Å²) in [7, 11) is 4.12. The molecule has 0 heterocycles. The van der Waals surface area contributed by atoms with Crippen molar-refractivity contribution >= 4 is 39.8 Å². The van der Waals surface area contributed by atoms with Gasteiger partial charge in [0, 0.05) is 11.1 Å². The quantitative estimate of drug-likeness (QED) is 0.375. The fraction of sp³-hybridized carbons (Fsp3) is 0.263. The standard InChI is InChI=1S/C19H23BFN2O2P/c1-19(2,3)13-7-4-11(5-8-13)17(22)23-18(24)25-10-12-6-9-14(26)15(20)16(12)21/h4-9H,10,20,26H2,1-3H3,(H2,22,23,24). The molecule has 0 spiro atoms. The SMILES string of the molecule is Bc1c(P)ccc(COC(=O)NC(=N)c2ccc(C(C)(C)C)cc2)c1F. The van der Waals surface area contributed by atoms with Crippen LogP contribution in [0.1, 0.15) is 37.5 Å². The number of nitrogens with one attached hydrogen (secondary N) is 2. The summed E-state index contributed by atoms with van der Waals surface area (Å²) in [6, 6.07) is 10.7. The first-order chi connectivity index (χ1) is 12.1. The molecule has 0 saturated carbocycles. The lowest BCUT2D eigenvalue weighted by molar-refractivity contribution is 0.144. The number of halogens is 1. The van der Waals surface area contributed by atoms with Gasteiger partial charge < -0.3 is 4.74 Å². The molecular formula is C19H23BFN2O2P. The average molecular weight is 372 g/mol. The molecule has 4 nitrogen and oxygen atoms in total. The summed E-state index contributed by atoms with van der Waals surface area (Å²) < 4.78 is 19.1. The van der Waals surface area contributed by atoms with Crippen molar-refractivity contribution in [1.29, 1.82) is 5.41 Å². The summed E-state index contributed by atoms with van der Waals surface area (Å²) >= 11 is 0. The number of amidine groups is 1. The first-order valence-corrected chi connectivity index (χ1v) is 8.84. The Balaban J connectivity index is 1.95. The van der Waals surface area contributed by atoms with E-state index >= 15 is 0 Å². The van der Waals surface area contributed by atoms with Crippen molar-refractivity contribution in [3.05, 3.63) is 58.9 Å². The van der Waals surface area contributed by atoms with Crippen LogP contribution in [-0.2, 0) is 16.8 Å². The van der Waals surface area contributed by atoms with Crippen molar-refractivity contribution < 1.29 is 13.9 Å². The molecule has 0 aliphatic heterocycles. The van der Waals surface area contributed by atoms with E-state index in [1.807, 2.05) is 12.1 Å². The minimum atomic E-state index is -0.790. The summed E-state index contributed by atoms with van der Waals surface area (Å²) in [6.07, 6.45) is -0.790. The van der Waals surface area contributed by atoms with Crippen molar-refractivity contribution in [3.63, 3.8) is 0 Å². The van der Waals surface area contributed by atoms with E-state index in [4.69, 9.17) is 10.1 Å². The van der Waals surface area contributed by atoms with Crippen molar-refractivity contribution in [2.45, 2.75) is 32.8 Å². The van der Waals surface area contributed by atoms with Gasteiger partial charge in [0.2, 0.25) is 0 Å². The zero-order chi connectivity index (χ0) is 19.5. The predicted octanol–water partition coefficient (Wildman–Crippen LogP) is 2.13. The molecule has 0 bridgehead atoms. The molecule has 2 rings (SSSR count). The fourth-order valence-electron chi connectivity index (χ4n) is 2.36. The molecule has 26 heavy (non-hydrogen) atoms. The Bertz CT molecular complexity index is 833. The lowest BCUT2D eigenvalue weighted by Gasteiger charge is -2.19. The van der Waals surface area contributed by atoms with Gasteiger partial charge in [0.05, 0.1) is 0 Å². The number of amides is 1. The van der Waals surface area contributed by atoms with E-state index in [9.17, 15) is 9.18 Å². The predicted molar refractivity (Wildman–Crippen MR) is 109 cm³/mol. The molecule has 1 unspecified atom stereocenters. The molecule has 0 aromatic heterocycles. The molecule has 2 aromatic carbocycles. The van der Waals surface area contributed by atoms with Crippen molar-refractivity contribution in [2.24, 2.45) is 0 Å². The summed E-state index contributed by atoms with van der Waals surface area (Å²) in [6.45, 7) is 6.12. The van der Waals surface area contributed by atoms with E-state index in [-0.39, 0.29) is 17.9 Å². The highest BCUT2D eigenvalue weighted by atomic mass is 31.0. The highest BCUT2D eigenvalue weighted by molar-refractivity contribution is 7.28. The maximum atomic E-state index is 14.1. The first kappa shape index (κ1) is 20.1. The third-order valence-corrected chi connectivity index (χ3v) is 4.76. The zero-order valence-corrected chi connectivity index (χ0v) is 16.6. The van der Waals surface area contributed by atoms with E-state index < -0.39 is 11.9 Å². The lowest BCUT2D eigenvalue weighted by Crippen LogP contribution is -2.31. The average Bonchev–Trinajstić information content (AvgIpc) is 2.58. The van der Waals surface area contributed by atoms with Crippen LogP contribution in [0.25, 0.3) is 0 Å². The lowest BCUT2D eigenvalue weighted by atomic mass is 9.86. The molecule has 1 atom stereocenters. The van der Waals surface area contributed by atoms with Crippen LogP contribution >= 0.6 is 9.24 Å². The number of rotatable bonds is 3. The molecule has 136 valence electrons. The second-order valence-corrected chi connectivity index (χ2v) is 7.78. The largest absolute Gasteiger partial charge is 0.444 e. The van der Waals surface area contributed by atoms with Crippen LogP contribution in [0.5, 0.6) is 0 Å². The normalized spacial score (nSPS) is 11.1. The molecule has 0 aliphatic carbocycles. The third kappa shape index (κ3) is 4.92. The number of ether oxygens (including phenoxy) is 1. The van der Waals surface area contributed by atoms with E-state index in [0.29, 0.717) is 16.6 Å². The van der Waals surface area contributed by atoms with Crippen LogP contribution < -0.4 is 16.1 Å². The molecule has 0 fully saturated rings. The molecule has 0 radical (unpaired) electrons. The number of hydrogen-bond acceptors (Lipinski definition) is 3. The monoisotopic (exact) mass is 372 g/mol. The van der Waals surface area contributed by atoms with E-state index in [1.165, 1.54) is 0 Å². The van der Waals surface area contributed by atoms with Gasteiger partial charge in [-0.05, 0) is 21.7 Å². The first-order valence-electron chi connectivity index (χ1n) is 8.26. The van der Waals surface area contributed by atoms with Crippen molar-refractivity contribution in [3.8, 4) is 0 Å². The maximum Gasteiger partial charge on any atom is 0.413 e. The van der Waals surface area contributed by atoms with Gasteiger partial charge in [-0.1, -0.05) is 57.2 Å². The molecule has 2 aromatic rings. The summed E-state index contributed by atoms with van der Waals surface area (Å²) in [5.74, 6) is -0.453. The maximum absolute atomic E-state index is 14.1. The van der Waals surface area contributed by atoms with Crippen LogP contribution in [0.15, 0.2) is 36.4 Å². The molecule has 2 N–H and O–H groups in total. The summed E-state index contributed by atoms with van der Waals surface area (Å²) in [4.78, 5) is 11.9. The molecule has 0 aliphatic rings. The molecule has 1 amide bonds. The van der Waals surface area contributed by atoms with Gasteiger partial charge in [0.1, 0.15) is 26.1 Å². The van der Waals surface area contributed by atoms with Gasteiger partial charge in [-0.15, -0.1) is 9.24 Å². The number of carbonyl (C=O) groups is 1. The van der Waals surface area contributed by atoms with E-state index in [2.05, 4.69) is 35.3 Å². The fourth-order valence-corrected chi connectivity index (χ4v) is 2.58. The number of benzene rings is 2. The second-order valence-electron chi connectivity index (χ2n) is 7.16. The second kappa shape index (κ2) is 8.00. The Morgan fingerprint density at radius 1 is 1.23 bits per heavy atom. The topological polar surface area (TPSA) is 62.2 Å². The van der Waals surface area contributed by atoms with Gasteiger partial charge in [-0.2, -0.15) is 0 Å². The van der Waals surface area contributed by atoms with Gasteiger partial charge in [-0.3, -0.25) is 10.7 Å². The number of alkyl carbamates (subject to hydrolysis) is 1. The Hall–Kier alpha value is -2.20. The Morgan fingerprint density at radius 2 is 1.85 bits per heavy atom.